The zero-order chi connectivity index (χ0) is 9.03. The summed E-state index contributed by atoms with van der Waals surface area (Å²) in [6, 6.07) is 0. The summed E-state index contributed by atoms with van der Waals surface area (Å²) in [5.41, 5.74) is 0.583. The summed E-state index contributed by atoms with van der Waals surface area (Å²) < 4.78 is 0. The molecule has 1 fully saturated rings. The van der Waals surface area contributed by atoms with Crippen molar-refractivity contribution in [3.05, 3.63) is 0 Å². The fourth-order valence-electron chi connectivity index (χ4n) is 2.43. The van der Waals surface area contributed by atoms with E-state index in [-0.39, 0.29) is 0 Å². The maximum atomic E-state index is 4.34. The summed E-state index contributed by atoms with van der Waals surface area (Å²) in [6.07, 6.45) is 8.51. The monoisotopic (exact) mass is 186 g/mol. The van der Waals surface area contributed by atoms with Crippen LogP contribution in [0.4, 0.5) is 0 Å². The quantitative estimate of drug-likeness (QED) is 0.490. The van der Waals surface area contributed by atoms with Crippen LogP contribution >= 0.6 is 12.6 Å². The average Bonchev–Trinajstić information content (AvgIpc) is 2.15. The molecule has 0 radical (unpaired) electrons. The van der Waals surface area contributed by atoms with E-state index in [4.69, 9.17) is 0 Å². The molecule has 0 heterocycles. The molecular formula is C11H22S. The van der Waals surface area contributed by atoms with Gasteiger partial charge in [-0.05, 0) is 36.3 Å². The molecule has 1 atom stereocenters. The SMILES string of the molecule is CC1(C)CCCCCC1CCS. The Labute approximate surface area is 82.5 Å². The Morgan fingerprint density at radius 1 is 1.25 bits per heavy atom. The number of thiol groups is 1. The van der Waals surface area contributed by atoms with Gasteiger partial charge < -0.3 is 0 Å². The predicted molar refractivity (Wildman–Crippen MR) is 58.8 cm³/mol. The first-order chi connectivity index (χ1) is 5.67. The second kappa shape index (κ2) is 4.55. The highest BCUT2D eigenvalue weighted by Crippen LogP contribution is 2.40. The third kappa shape index (κ3) is 2.69. The third-order valence-corrected chi connectivity index (χ3v) is 3.71. The molecule has 72 valence electrons. The van der Waals surface area contributed by atoms with Gasteiger partial charge >= 0.3 is 0 Å². The van der Waals surface area contributed by atoms with Crippen LogP contribution in [-0.2, 0) is 0 Å². The van der Waals surface area contributed by atoms with E-state index in [0.717, 1.165) is 11.7 Å². The van der Waals surface area contributed by atoms with Gasteiger partial charge in [0.15, 0.2) is 0 Å². The van der Waals surface area contributed by atoms with Gasteiger partial charge in [-0.15, -0.1) is 0 Å². The third-order valence-electron chi connectivity index (χ3n) is 3.46. The molecular weight excluding hydrogens is 164 g/mol. The maximum Gasteiger partial charge on any atom is -0.00951 e. The molecule has 1 saturated carbocycles. The zero-order valence-corrected chi connectivity index (χ0v) is 9.37. The van der Waals surface area contributed by atoms with E-state index >= 15 is 0 Å². The van der Waals surface area contributed by atoms with Crippen molar-refractivity contribution in [1.82, 2.24) is 0 Å². The molecule has 1 unspecified atom stereocenters. The maximum absolute atomic E-state index is 4.34. The fourth-order valence-corrected chi connectivity index (χ4v) is 2.75. The van der Waals surface area contributed by atoms with E-state index < -0.39 is 0 Å². The van der Waals surface area contributed by atoms with Crippen LogP contribution in [0.3, 0.4) is 0 Å². The lowest BCUT2D eigenvalue weighted by Crippen LogP contribution is -2.23. The molecule has 0 nitrogen and oxygen atoms in total. The summed E-state index contributed by atoms with van der Waals surface area (Å²) in [4.78, 5) is 0. The lowest BCUT2D eigenvalue weighted by Gasteiger charge is -2.32. The van der Waals surface area contributed by atoms with Gasteiger partial charge in [0.2, 0.25) is 0 Å². The topological polar surface area (TPSA) is 0 Å². The van der Waals surface area contributed by atoms with Gasteiger partial charge in [0.05, 0.1) is 0 Å². The Bertz CT molecular complexity index is 129. The van der Waals surface area contributed by atoms with Crippen molar-refractivity contribution in [1.29, 1.82) is 0 Å². The molecule has 1 rings (SSSR count). The van der Waals surface area contributed by atoms with Gasteiger partial charge in [-0.25, -0.2) is 0 Å². The minimum Gasteiger partial charge on any atom is -0.179 e. The van der Waals surface area contributed by atoms with Crippen LogP contribution in [0.25, 0.3) is 0 Å². The highest BCUT2D eigenvalue weighted by atomic mass is 32.1. The minimum atomic E-state index is 0.583. The highest BCUT2D eigenvalue weighted by Gasteiger charge is 2.29. The molecule has 0 saturated heterocycles. The largest absolute Gasteiger partial charge is 0.179 e. The van der Waals surface area contributed by atoms with E-state index in [1.54, 1.807) is 0 Å². The van der Waals surface area contributed by atoms with Crippen LogP contribution in [-0.4, -0.2) is 5.75 Å². The Kier molecular flexibility index (Phi) is 3.95. The van der Waals surface area contributed by atoms with Crippen molar-refractivity contribution in [2.24, 2.45) is 11.3 Å². The Morgan fingerprint density at radius 3 is 2.67 bits per heavy atom. The molecule has 0 amide bonds. The Morgan fingerprint density at radius 2 is 2.00 bits per heavy atom. The molecule has 1 aliphatic carbocycles. The second-order valence-corrected chi connectivity index (χ2v) is 5.24. The number of hydrogen-bond donors (Lipinski definition) is 1. The standard InChI is InChI=1S/C11H22S/c1-11(2)8-5-3-4-6-10(11)7-9-12/h10,12H,3-9H2,1-2H3. The van der Waals surface area contributed by atoms with Crippen molar-refractivity contribution in [2.75, 3.05) is 5.75 Å². The normalized spacial score (nSPS) is 29.8. The predicted octanol–water partition coefficient (Wildman–Crippen LogP) is 3.91. The first-order valence-corrected chi connectivity index (χ1v) is 5.91. The van der Waals surface area contributed by atoms with Crippen LogP contribution in [0.1, 0.15) is 52.4 Å². The smallest absolute Gasteiger partial charge is 0.00951 e. The summed E-state index contributed by atoms with van der Waals surface area (Å²) in [7, 11) is 0. The molecule has 0 aromatic rings. The van der Waals surface area contributed by atoms with Gasteiger partial charge in [0, 0.05) is 0 Å². The summed E-state index contributed by atoms with van der Waals surface area (Å²) in [5.74, 6) is 1.99. The van der Waals surface area contributed by atoms with Crippen LogP contribution < -0.4 is 0 Å². The molecule has 0 aromatic heterocycles. The van der Waals surface area contributed by atoms with Crippen molar-refractivity contribution in [3.8, 4) is 0 Å². The summed E-state index contributed by atoms with van der Waals surface area (Å²) >= 11 is 4.34. The molecule has 0 N–H and O–H groups in total. The van der Waals surface area contributed by atoms with Crippen LogP contribution in [0.15, 0.2) is 0 Å². The van der Waals surface area contributed by atoms with Crippen LogP contribution in [0.5, 0.6) is 0 Å². The van der Waals surface area contributed by atoms with Crippen molar-refractivity contribution in [2.45, 2.75) is 52.4 Å². The van der Waals surface area contributed by atoms with Gasteiger partial charge in [-0.3, -0.25) is 0 Å². The van der Waals surface area contributed by atoms with E-state index in [1.165, 1.54) is 38.5 Å². The number of hydrogen-bond acceptors (Lipinski definition) is 1. The Balaban J connectivity index is 2.52. The zero-order valence-electron chi connectivity index (χ0n) is 8.47. The first-order valence-electron chi connectivity index (χ1n) is 5.27. The van der Waals surface area contributed by atoms with E-state index in [0.29, 0.717) is 5.41 Å². The fraction of sp³-hybridized carbons (Fsp3) is 1.00. The minimum absolute atomic E-state index is 0.583. The average molecular weight is 186 g/mol. The molecule has 1 heteroatoms. The van der Waals surface area contributed by atoms with Gasteiger partial charge in [-0.1, -0.05) is 33.1 Å². The lowest BCUT2D eigenvalue weighted by molar-refractivity contribution is 0.192. The first kappa shape index (κ1) is 10.4. The molecule has 1 aliphatic rings. The van der Waals surface area contributed by atoms with Gasteiger partial charge in [-0.2, -0.15) is 12.6 Å². The van der Waals surface area contributed by atoms with Crippen molar-refractivity contribution < 1.29 is 0 Å². The van der Waals surface area contributed by atoms with Crippen molar-refractivity contribution in [3.63, 3.8) is 0 Å². The lowest BCUT2D eigenvalue weighted by atomic mass is 9.74. The Hall–Kier alpha value is 0.350. The van der Waals surface area contributed by atoms with Crippen LogP contribution in [0.2, 0.25) is 0 Å². The second-order valence-electron chi connectivity index (χ2n) is 4.80. The highest BCUT2D eigenvalue weighted by molar-refractivity contribution is 7.80. The molecule has 0 aliphatic heterocycles. The molecule has 0 aromatic carbocycles. The number of rotatable bonds is 2. The van der Waals surface area contributed by atoms with Gasteiger partial charge in [0.1, 0.15) is 0 Å². The van der Waals surface area contributed by atoms with Gasteiger partial charge in [0.25, 0.3) is 0 Å². The molecule has 0 spiro atoms. The molecule has 12 heavy (non-hydrogen) atoms. The van der Waals surface area contributed by atoms with E-state index in [1.807, 2.05) is 0 Å². The summed E-state index contributed by atoms with van der Waals surface area (Å²) in [6.45, 7) is 4.87. The summed E-state index contributed by atoms with van der Waals surface area (Å²) in [5, 5.41) is 0. The van der Waals surface area contributed by atoms with Crippen LogP contribution in [0, 0.1) is 11.3 Å². The van der Waals surface area contributed by atoms with E-state index in [2.05, 4.69) is 26.5 Å². The van der Waals surface area contributed by atoms with E-state index in [9.17, 15) is 0 Å². The molecule has 0 bridgehead atoms. The van der Waals surface area contributed by atoms with Crippen molar-refractivity contribution >= 4 is 12.6 Å².